The van der Waals surface area contributed by atoms with E-state index in [0.29, 0.717) is 17.9 Å². The Kier molecular flexibility index (Phi) is 7.18. The minimum atomic E-state index is -1.06. The molecule has 8 nitrogen and oxygen atoms in total. The molecular weight excluding hydrogens is 352 g/mol. The molecule has 0 spiro atoms. The first-order valence-corrected chi connectivity index (χ1v) is 8.91. The maximum Gasteiger partial charge on any atom is 0.326 e. The summed E-state index contributed by atoms with van der Waals surface area (Å²) >= 11 is 0. The molecule has 2 rings (SSSR count). The van der Waals surface area contributed by atoms with Crippen molar-refractivity contribution >= 4 is 17.8 Å². The van der Waals surface area contributed by atoms with Gasteiger partial charge in [0.25, 0.3) is 0 Å². The van der Waals surface area contributed by atoms with Crippen molar-refractivity contribution in [2.45, 2.75) is 44.9 Å². The summed E-state index contributed by atoms with van der Waals surface area (Å²) in [5.41, 5.74) is 0.678. The molecule has 1 heterocycles. The van der Waals surface area contributed by atoms with E-state index in [0.717, 1.165) is 0 Å². The van der Waals surface area contributed by atoms with Crippen LogP contribution in [0.25, 0.3) is 0 Å². The summed E-state index contributed by atoms with van der Waals surface area (Å²) in [4.78, 5) is 37.4. The first kappa shape index (κ1) is 20.7. The molecule has 3 atom stereocenters. The Balaban J connectivity index is 2.24. The number of hydrogen-bond donors (Lipinski definition) is 2. The van der Waals surface area contributed by atoms with Gasteiger partial charge in [-0.05, 0) is 13.0 Å². The lowest BCUT2D eigenvalue weighted by molar-refractivity contribution is -0.148. The number of likely N-dealkylation sites (tertiary alicyclic amines) is 1. The van der Waals surface area contributed by atoms with E-state index in [9.17, 15) is 19.5 Å². The van der Waals surface area contributed by atoms with E-state index >= 15 is 0 Å². The Labute approximate surface area is 158 Å². The van der Waals surface area contributed by atoms with Crippen LogP contribution < -0.4 is 10.1 Å². The maximum absolute atomic E-state index is 12.9. The zero-order chi connectivity index (χ0) is 20.0. The van der Waals surface area contributed by atoms with Crippen molar-refractivity contribution in [1.29, 1.82) is 0 Å². The van der Waals surface area contributed by atoms with E-state index in [1.54, 1.807) is 18.2 Å². The number of carbonyl (C=O) groups excluding carboxylic acids is 2. The van der Waals surface area contributed by atoms with Gasteiger partial charge < -0.3 is 24.8 Å². The minimum absolute atomic E-state index is 0.0656. The molecule has 0 saturated carbocycles. The molecule has 0 aromatic heterocycles. The van der Waals surface area contributed by atoms with E-state index < -0.39 is 18.1 Å². The first-order valence-electron chi connectivity index (χ1n) is 8.91. The third-order valence-electron chi connectivity index (χ3n) is 4.55. The fraction of sp³-hybridized carbons (Fsp3) is 0.526. The molecule has 1 fully saturated rings. The molecule has 1 aliphatic heterocycles. The molecule has 27 heavy (non-hydrogen) atoms. The molecule has 2 amide bonds. The predicted molar refractivity (Wildman–Crippen MR) is 97.3 cm³/mol. The van der Waals surface area contributed by atoms with Crippen LogP contribution in [0.4, 0.5) is 0 Å². The molecule has 1 aliphatic rings. The highest BCUT2D eigenvalue weighted by Crippen LogP contribution is 2.29. The first-order chi connectivity index (χ1) is 12.9. The number of nitrogens with one attached hydrogen (secondary N) is 1. The normalized spacial score (nSPS) is 20.2. The Hall–Kier alpha value is -2.61. The zero-order valence-electron chi connectivity index (χ0n) is 15.8. The largest absolute Gasteiger partial charge is 0.494 e. The van der Waals surface area contributed by atoms with Gasteiger partial charge in [-0.2, -0.15) is 0 Å². The van der Waals surface area contributed by atoms with Crippen LogP contribution in [-0.2, 0) is 19.1 Å². The Bertz CT molecular complexity index is 693. The summed E-state index contributed by atoms with van der Waals surface area (Å²) < 4.78 is 10.8. The van der Waals surface area contributed by atoms with E-state index in [4.69, 9.17) is 9.47 Å². The van der Waals surface area contributed by atoms with Crippen LogP contribution in [0, 0.1) is 0 Å². The van der Waals surface area contributed by atoms with Crippen molar-refractivity contribution in [2.24, 2.45) is 0 Å². The summed E-state index contributed by atoms with van der Waals surface area (Å²) in [6, 6.07) is 5.63. The van der Waals surface area contributed by atoms with Gasteiger partial charge in [0.15, 0.2) is 0 Å². The van der Waals surface area contributed by atoms with Crippen molar-refractivity contribution in [2.75, 3.05) is 20.3 Å². The number of carboxylic acid groups (broad SMARTS) is 1. The van der Waals surface area contributed by atoms with Crippen LogP contribution in [0.15, 0.2) is 24.3 Å². The monoisotopic (exact) mass is 378 g/mol. The van der Waals surface area contributed by atoms with Crippen LogP contribution >= 0.6 is 0 Å². The number of hydrogen-bond acceptors (Lipinski definition) is 5. The second-order valence-corrected chi connectivity index (χ2v) is 6.42. The summed E-state index contributed by atoms with van der Waals surface area (Å²) in [5, 5.41) is 12.2. The number of benzene rings is 1. The number of para-hydroxylation sites is 1. The van der Waals surface area contributed by atoms with E-state index in [-0.39, 0.29) is 37.3 Å². The van der Waals surface area contributed by atoms with Gasteiger partial charge in [0, 0.05) is 32.6 Å². The van der Waals surface area contributed by atoms with Crippen molar-refractivity contribution in [3.05, 3.63) is 29.8 Å². The molecule has 2 N–H and O–H groups in total. The summed E-state index contributed by atoms with van der Waals surface area (Å²) in [7, 11) is 1.50. The fourth-order valence-corrected chi connectivity index (χ4v) is 3.31. The highest BCUT2D eigenvalue weighted by atomic mass is 16.5. The van der Waals surface area contributed by atoms with Crippen LogP contribution in [0.1, 0.15) is 38.3 Å². The molecule has 8 heteroatoms. The molecule has 1 aromatic rings. The van der Waals surface area contributed by atoms with Crippen molar-refractivity contribution in [1.82, 2.24) is 10.2 Å². The van der Waals surface area contributed by atoms with Crippen LogP contribution in [-0.4, -0.2) is 60.2 Å². The molecule has 0 radical (unpaired) electrons. The number of ether oxygens (including phenoxy) is 2. The Morgan fingerprint density at radius 1 is 1.33 bits per heavy atom. The lowest BCUT2D eigenvalue weighted by Gasteiger charge is -2.26. The molecule has 1 aromatic carbocycles. The van der Waals surface area contributed by atoms with Crippen LogP contribution in [0.5, 0.6) is 5.75 Å². The maximum atomic E-state index is 12.9. The average Bonchev–Trinajstić information content (AvgIpc) is 3.06. The lowest BCUT2D eigenvalue weighted by Crippen LogP contribution is -2.42. The molecule has 0 bridgehead atoms. The second-order valence-electron chi connectivity index (χ2n) is 6.42. The number of carboxylic acids is 1. The van der Waals surface area contributed by atoms with E-state index in [1.165, 1.54) is 18.9 Å². The van der Waals surface area contributed by atoms with Crippen LogP contribution in [0.3, 0.4) is 0 Å². The highest BCUT2D eigenvalue weighted by Gasteiger charge is 2.40. The standard InChI is InChI=1S/C19H26N2O6/c1-4-27-17-8-6-5-7-14(17)15(20-12(2)22)10-18(23)21-11-13(26-3)9-16(21)19(24)25/h5-8,13,15-16H,4,9-11H2,1-3H3,(H,20,22)(H,24,25). The lowest BCUT2D eigenvalue weighted by atomic mass is 10.0. The SMILES string of the molecule is CCOc1ccccc1C(CC(=O)N1CC(OC)CC1C(=O)O)NC(C)=O. The van der Waals surface area contributed by atoms with Gasteiger partial charge in [-0.1, -0.05) is 18.2 Å². The van der Waals surface area contributed by atoms with Crippen molar-refractivity contribution < 1.29 is 29.0 Å². The van der Waals surface area contributed by atoms with E-state index in [1.807, 2.05) is 13.0 Å². The van der Waals surface area contributed by atoms with Gasteiger partial charge in [0.1, 0.15) is 11.8 Å². The Morgan fingerprint density at radius 2 is 2.04 bits per heavy atom. The molecular formula is C19H26N2O6. The third kappa shape index (κ3) is 5.19. The number of rotatable bonds is 8. The summed E-state index contributed by atoms with van der Waals surface area (Å²) in [5.74, 6) is -1.12. The quantitative estimate of drug-likeness (QED) is 0.708. The average molecular weight is 378 g/mol. The number of amides is 2. The second kappa shape index (κ2) is 9.36. The van der Waals surface area contributed by atoms with Gasteiger partial charge in [-0.3, -0.25) is 9.59 Å². The molecule has 3 unspecified atom stereocenters. The Morgan fingerprint density at radius 3 is 2.63 bits per heavy atom. The van der Waals surface area contributed by atoms with Gasteiger partial charge in [0.05, 0.1) is 25.2 Å². The third-order valence-corrected chi connectivity index (χ3v) is 4.55. The summed E-state index contributed by atoms with van der Waals surface area (Å²) in [6.45, 7) is 3.88. The van der Waals surface area contributed by atoms with Gasteiger partial charge in [-0.25, -0.2) is 4.79 Å². The van der Waals surface area contributed by atoms with Crippen molar-refractivity contribution in [3.63, 3.8) is 0 Å². The van der Waals surface area contributed by atoms with E-state index in [2.05, 4.69) is 5.32 Å². The highest BCUT2D eigenvalue weighted by molar-refractivity contribution is 5.85. The number of nitrogens with zero attached hydrogens (tertiary/aromatic N) is 1. The van der Waals surface area contributed by atoms with Crippen LogP contribution in [0.2, 0.25) is 0 Å². The topological polar surface area (TPSA) is 105 Å². The number of aliphatic carboxylic acids is 1. The van der Waals surface area contributed by atoms with Gasteiger partial charge >= 0.3 is 5.97 Å². The smallest absolute Gasteiger partial charge is 0.326 e. The molecule has 0 aliphatic carbocycles. The summed E-state index contributed by atoms with van der Waals surface area (Å²) in [6.07, 6.45) is -0.133. The predicted octanol–water partition coefficient (Wildman–Crippen LogP) is 1.35. The number of carbonyl (C=O) groups is 3. The minimum Gasteiger partial charge on any atom is -0.494 e. The zero-order valence-corrected chi connectivity index (χ0v) is 15.8. The molecule has 1 saturated heterocycles. The number of methoxy groups -OCH3 is 1. The van der Waals surface area contributed by atoms with Crippen molar-refractivity contribution in [3.8, 4) is 5.75 Å². The van der Waals surface area contributed by atoms with Gasteiger partial charge in [-0.15, -0.1) is 0 Å². The molecule has 148 valence electrons. The fourth-order valence-electron chi connectivity index (χ4n) is 3.31. The van der Waals surface area contributed by atoms with Gasteiger partial charge in [0.2, 0.25) is 11.8 Å².